The zero-order valence-electron chi connectivity index (χ0n) is 13.2. The third kappa shape index (κ3) is 3.91. The standard InChI is InChI=1S/C16H23N5O/c1-20(2)11-14-9-18-16(19-14)15-12-21(7-8-22-15)10-13-3-5-17-6-4-13/h3-6,9,15H,7-8,10-12H2,1-2H3,(H,18,19)/t15-/m0/s1. The molecule has 1 atom stereocenters. The number of rotatable bonds is 5. The molecule has 6 heteroatoms. The molecule has 2 aromatic rings. The highest BCUT2D eigenvalue weighted by atomic mass is 16.5. The largest absolute Gasteiger partial charge is 0.368 e. The predicted molar refractivity (Wildman–Crippen MR) is 84.2 cm³/mol. The molecule has 3 heterocycles. The van der Waals surface area contributed by atoms with Crippen molar-refractivity contribution in [1.82, 2.24) is 24.8 Å². The summed E-state index contributed by atoms with van der Waals surface area (Å²) in [6.07, 6.45) is 5.60. The summed E-state index contributed by atoms with van der Waals surface area (Å²) in [6.45, 7) is 4.33. The first-order chi connectivity index (χ1) is 10.7. The van der Waals surface area contributed by atoms with E-state index in [0.717, 1.165) is 44.3 Å². The van der Waals surface area contributed by atoms with E-state index in [0.29, 0.717) is 0 Å². The molecule has 0 unspecified atom stereocenters. The van der Waals surface area contributed by atoms with E-state index in [9.17, 15) is 0 Å². The average molecular weight is 301 g/mol. The summed E-state index contributed by atoms with van der Waals surface area (Å²) < 4.78 is 5.89. The Kier molecular flexibility index (Phi) is 4.82. The van der Waals surface area contributed by atoms with Crippen molar-refractivity contribution in [3.8, 4) is 0 Å². The van der Waals surface area contributed by atoms with Gasteiger partial charge in [-0.15, -0.1) is 0 Å². The number of hydrogen-bond donors (Lipinski definition) is 1. The smallest absolute Gasteiger partial charge is 0.136 e. The number of morpholine rings is 1. The maximum Gasteiger partial charge on any atom is 0.136 e. The van der Waals surface area contributed by atoms with E-state index in [1.54, 1.807) is 0 Å². The van der Waals surface area contributed by atoms with Crippen molar-refractivity contribution in [2.45, 2.75) is 19.2 Å². The molecule has 1 saturated heterocycles. The van der Waals surface area contributed by atoms with Crippen LogP contribution in [0.25, 0.3) is 0 Å². The average Bonchev–Trinajstić information content (AvgIpc) is 2.96. The van der Waals surface area contributed by atoms with Gasteiger partial charge in [0.15, 0.2) is 0 Å². The van der Waals surface area contributed by atoms with Crippen molar-refractivity contribution in [1.29, 1.82) is 0 Å². The van der Waals surface area contributed by atoms with E-state index in [1.165, 1.54) is 5.56 Å². The van der Waals surface area contributed by atoms with Crippen LogP contribution in [-0.2, 0) is 17.8 Å². The van der Waals surface area contributed by atoms with Gasteiger partial charge in [0.25, 0.3) is 0 Å². The topological polar surface area (TPSA) is 57.3 Å². The number of imidazole rings is 1. The van der Waals surface area contributed by atoms with Crippen LogP contribution in [0, 0.1) is 0 Å². The molecule has 0 radical (unpaired) electrons. The fourth-order valence-electron chi connectivity index (χ4n) is 2.72. The molecule has 0 aromatic carbocycles. The second-order valence-corrected chi connectivity index (χ2v) is 5.98. The maximum absolute atomic E-state index is 5.89. The molecule has 0 bridgehead atoms. The molecular weight excluding hydrogens is 278 g/mol. The highest BCUT2D eigenvalue weighted by Crippen LogP contribution is 2.21. The lowest BCUT2D eigenvalue weighted by Crippen LogP contribution is -2.38. The van der Waals surface area contributed by atoms with Crippen molar-refractivity contribution < 1.29 is 4.74 Å². The predicted octanol–water partition coefficient (Wildman–Crippen LogP) is 1.44. The molecule has 0 amide bonds. The fraction of sp³-hybridized carbons (Fsp3) is 0.500. The van der Waals surface area contributed by atoms with Crippen LogP contribution in [0.15, 0.2) is 30.7 Å². The van der Waals surface area contributed by atoms with Gasteiger partial charge in [0.1, 0.15) is 11.9 Å². The Balaban J connectivity index is 1.61. The van der Waals surface area contributed by atoms with E-state index >= 15 is 0 Å². The number of hydrogen-bond acceptors (Lipinski definition) is 5. The number of ether oxygens (including phenoxy) is 1. The van der Waals surface area contributed by atoms with Gasteiger partial charge in [-0.2, -0.15) is 0 Å². The quantitative estimate of drug-likeness (QED) is 0.905. The molecule has 1 fully saturated rings. The van der Waals surface area contributed by atoms with Crippen LogP contribution >= 0.6 is 0 Å². The molecule has 22 heavy (non-hydrogen) atoms. The second-order valence-electron chi connectivity index (χ2n) is 5.98. The van der Waals surface area contributed by atoms with Crippen LogP contribution in [0.4, 0.5) is 0 Å². The van der Waals surface area contributed by atoms with Crippen molar-refractivity contribution in [2.24, 2.45) is 0 Å². The van der Waals surface area contributed by atoms with Gasteiger partial charge in [-0.05, 0) is 31.8 Å². The first-order valence-corrected chi connectivity index (χ1v) is 7.62. The first kappa shape index (κ1) is 15.1. The number of aromatic nitrogens is 3. The Morgan fingerprint density at radius 2 is 2.18 bits per heavy atom. The van der Waals surface area contributed by atoms with Crippen LogP contribution in [-0.4, -0.2) is 58.5 Å². The summed E-state index contributed by atoms with van der Waals surface area (Å²) in [4.78, 5) is 16.5. The summed E-state index contributed by atoms with van der Waals surface area (Å²) in [5, 5.41) is 0. The van der Waals surface area contributed by atoms with Gasteiger partial charge in [0, 0.05) is 50.5 Å². The molecular formula is C16H23N5O. The summed E-state index contributed by atoms with van der Waals surface area (Å²) >= 11 is 0. The Hall–Kier alpha value is -1.76. The van der Waals surface area contributed by atoms with E-state index in [-0.39, 0.29) is 6.10 Å². The van der Waals surface area contributed by atoms with Crippen molar-refractivity contribution in [3.05, 3.63) is 47.8 Å². The Morgan fingerprint density at radius 3 is 2.95 bits per heavy atom. The summed E-state index contributed by atoms with van der Waals surface area (Å²) in [6, 6.07) is 4.12. The molecule has 0 saturated carbocycles. The van der Waals surface area contributed by atoms with Crippen molar-refractivity contribution in [2.75, 3.05) is 33.8 Å². The second kappa shape index (κ2) is 7.00. The summed E-state index contributed by atoms with van der Waals surface area (Å²) in [7, 11) is 4.10. The van der Waals surface area contributed by atoms with Crippen molar-refractivity contribution >= 4 is 0 Å². The number of nitrogens with zero attached hydrogens (tertiary/aromatic N) is 4. The lowest BCUT2D eigenvalue weighted by molar-refractivity contribution is -0.0369. The van der Waals surface area contributed by atoms with Crippen LogP contribution in [0.3, 0.4) is 0 Å². The number of nitrogens with one attached hydrogen (secondary N) is 1. The van der Waals surface area contributed by atoms with E-state index in [1.807, 2.05) is 32.7 Å². The third-order valence-corrected chi connectivity index (χ3v) is 3.75. The van der Waals surface area contributed by atoms with Gasteiger partial charge < -0.3 is 14.6 Å². The minimum Gasteiger partial charge on any atom is -0.368 e. The van der Waals surface area contributed by atoms with Gasteiger partial charge in [-0.3, -0.25) is 9.88 Å². The monoisotopic (exact) mass is 301 g/mol. The van der Waals surface area contributed by atoms with E-state index < -0.39 is 0 Å². The molecule has 118 valence electrons. The van der Waals surface area contributed by atoms with E-state index in [2.05, 4.69) is 36.9 Å². The molecule has 1 aliphatic heterocycles. The molecule has 1 aliphatic rings. The van der Waals surface area contributed by atoms with Crippen LogP contribution in [0.5, 0.6) is 0 Å². The zero-order valence-corrected chi connectivity index (χ0v) is 13.2. The summed E-state index contributed by atoms with van der Waals surface area (Å²) in [5.74, 6) is 0.927. The SMILES string of the molecule is CN(C)Cc1cnc([C@@H]2CN(Cc3ccncc3)CCO2)[nH]1. The third-order valence-electron chi connectivity index (χ3n) is 3.75. The molecule has 6 nitrogen and oxygen atoms in total. The molecule has 0 aliphatic carbocycles. The molecule has 3 rings (SSSR count). The minimum atomic E-state index is 0.0199. The fourth-order valence-corrected chi connectivity index (χ4v) is 2.72. The minimum absolute atomic E-state index is 0.0199. The lowest BCUT2D eigenvalue weighted by Gasteiger charge is -2.32. The van der Waals surface area contributed by atoms with Crippen molar-refractivity contribution in [3.63, 3.8) is 0 Å². The Bertz CT molecular complexity index is 583. The Morgan fingerprint density at radius 1 is 1.36 bits per heavy atom. The van der Waals surface area contributed by atoms with E-state index in [4.69, 9.17) is 4.74 Å². The highest BCUT2D eigenvalue weighted by Gasteiger charge is 2.24. The maximum atomic E-state index is 5.89. The van der Waals surface area contributed by atoms with Crippen LogP contribution in [0.2, 0.25) is 0 Å². The highest BCUT2D eigenvalue weighted by molar-refractivity contribution is 5.10. The molecule has 2 aromatic heterocycles. The number of aromatic amines is 1. The Labute approximate surface area is 131 Å². The van der Waals surface area contributed by atoms with Crippen LogP contribution in [0.1, 0.15) is 23.2 Å². The molecule has 1 N–H and O–H groups in total. The first-order valence-electron chi connectivity index (χ1n) is 7.62. The van der Waals surface area contributed by atoms with Gasteiger partial charge in [0.05, 0.1) is 6.61 Å². The number of H-pyrrole nitrogens is 1. The lowest BCUT2D eigenvalue weighted by atomic mass is 10.2. The van der Waals surface area contributed by atoms with Gasteiger partial charge in [0.2, 0.25) is 0 Å². The molecule has 0 spiro atoms. The normalized spacial score (nSPS) is 19.7. The van der Waals surface area contributed by atoms with Crippen LogP contribution < -0.4 is 0 Å². The summed E-state index contributed by atoms with van der Waals surface area (Å²) in [5.41, 5.74) is 2.40. The number of pyridine rings is 1. The zero-order chi connectivity index (χ0) is 15.4. The van der Waals surface area contributed by atoms with Gasteiger partial charge in [-0.1, -0.05) is 0 Å². The van der Waals surface area contributed by atoms with Gasteiger partial charge >= 0.3 is 0 Å². The van der Waals surface area contributed by atoms with Gasteiger partial charge in [-0.25, -0.2) is 4.98 Å².